The quantitative estimate of drug-likeness (QED) is 0.398. The number of nitrogens with one attached hydrogen (secondary N) is 1. The normalized spacial score (nSPS) is 12.6. The molecule has 6 heteroatoms. The maximum atomic E-state index is 13.0. The van der Waals surface area contributed by atoms with E-state index in [1.807, 2.05) is 4.90 Å². The lowest BCUT2D eigenvalue weighted by Gasteiger charge is -2.26. The molecule has 1 heterocycles. The molecule has 0 unspecified atom stereocenters. The predicted octanol–water partition coefficient (Wildman–Crippen LogP) is 5.58. The molecule has 1 N–H and O–H groups in total. The Kier molecular flexibility index (Phi) is 11.7. The first kappa shape index (κ1) is 26.2. The van der Waals surface area contributed by atoms with Gasteiger partial charge in [0.1, 0.15) is 6.26 Å². The Bertz CT molecular complexity index is 634. The van der Waals surface area contributed by atoms with E-state index < -0.39 is 0 Å². The lowest BCUT2D eigenvalue weighted by Crippen LogP contribution is -2.33. The van der Waals surface area contributed by atoms with Gasteiger partial charge in [0.2, 0.25) is 11.8 Å². The summed E-state index contributed by atoms with van der Waals surface area (Å²) in [5.41, 5.74) is 0.484. The SMILES string of the molecule is CCCCCNC(=O)c1coc(CN(CCCCC)C(=O)C[C@H](C)CC(C)(C)C)n1. The summed E-state index contributed by atoms with van der Waals surface area (Å²) >= 11 is 0. The second-order valence-corrected chi connectivity index (χ2v) is 9.69. The van der Waals surface area contributed by atoms with Crippen molar-refractivity contribution in [2.75, 3.05) is 13.1 Å². The van der Waals surface area contributed by atoms with E-state index in [0.29, 0.717) is 37.9 Å². The van der Waals surface area contributed by atoms with Crippen LogP contribution in [0.25, 0.3) is 0 Å². The Balaban J connectivity index is 2.69. The van der Waals surface area contributed by atoms with Crippen molar-refractivity contribution in [2.45, 2.75) is 99.5 Å². The van der Waals surface area contributed by atoms with E-state index in [0.717, 1.165) is 44.9 Å². The van der Waals surface area contributed by atoms with Crippen molar-refractivity contribution in [3.63, 3.8) is 0 Å². The number of unbranched alkanes of at least 4 members (excludes halogenated alkanes) is 4. The highest BCUT2D eigenvalue weighted by Gasteiger charge is 2.22. The van der Waals surface area contributed by atoms with Crippen molar-refractivity contribution < 1.29 is 14.0 Å². The molecule has 0 saturated carbocycles. The van der Waals surface area contributed by atoms with Gasteiger partial charge >= 0.3 is 0 Å². The number of carbonyl (C=O) groups is 2. The number of aromatic nitrogens is 1. The molecule has 172 valence electrons. The van der Waals surface area contributed by atoms with Crippen molar-refractivity contribution in [3.05, 3.63) is 17.8 Å². The number of carbonyl (C=O) groups excluding carboxylic acids is 2. The van der Waals surface area contributed by atoms with Crippen molar-refractivity contribution in [1.29, 1.82) is 0 Å². The van der Waals surface area contributed by atoms with Gasteiger partial charge in [-0.3, -0.25) is 9.59 Å². The number of nitrogens with zero attached hydrogens (tertiary/aromatic N) is 2. The molecule has 0 bridgehead atoms. The third-order valence-electron chi connectivity index (χ3n) is 5.04. The van der Waals surface area contributed by atoms with Crippen LogP contribution < -0.4 is 5.32 Å². The first-order valence-electron chi connectivity index (χ1n) is 11.7. The number of hydrogen-bond donors (Lipinski definition) is 1. The zero-order valence-corrected chi connectivity index (χ0v) is 20.1. The molecular weight excluding hydrogens is 378 g/mol. The molecule has 0 radical (unpaired) electrons. The van der Waals surface area contributed by atoms with Gasteiger partial charge in [0, 0.05) is 19.5 Å². The first-order chi connectivity index (χ1) is 14.2. The zero-order valence-electron chi connectivity index (χ0n) is 20.1. The van der Waals surface area contributed by atoms with Gasteiger partial charge in [-0.2, -0.15) is 0 Å². The van der Waals surface area contributed by atoms with E-state index in [1.165, 1.54) is 6.26 Å². The van der Waals surface area contributed by atoms with Gasteiger partial charge in [0.25, 0.3) is 5.91 Å². The van der Waals surface area contributed by atoms with Crippen LogP contribution in [0.15, 0.2) is 10.7 Å². The predicted molar refractivity (Wildman–Crippen MR) is 121 cm³/mol. The van der Waals surface area contributed by atoms with Crippen molar-refractivity contribution >= 4 is 11.8 Å². The minimum Gasteiger partial charge on any atom is -0.446 e. The summed E-state index contributed by atoms with van der Waals surface area (Å²) in [4.78, 5) is 31.3. The van der Waals surface area contributed by atoms with Crippen molar-refractivity contribution in [3.8, 4) is 0 Å². The Morgan fingerprint density at radius 3 is 2.43 bits per heavy atom. The molecule has 0 aliphatic rings. The maximum Gasteiger partial charge on any atom is 0.273 e. The molecule has 1 aromatic heterocycles. The molecule has 1 aromatic rings. The van der Waals surface area contributed by atoms with Crippen LogP contribution in [0, 0.1) is 11.3 Å². The molecule has 1 atom stereocenters. The summed E-state index contributed by atoms with van der Waals surface area (Å²) in [5, 5.41) is 2.87. The smallest absolute Gasteiger partial charge is 0.273 e. The molecular formula is C24H43N3O3. The van der Waals surface area contributed by atoms with Crippen LogP contribution >= 0.6 is 0 Å². The minimum atomic E-state index is -0.219. The topological polar surface area (TPSA) is 75.4 Å². The van der Waals surface area contributed by atoms with E-state index in [2.05, 4.69) is 51.8 Å². The molecule has 0 aromatic carbocycles. The van der Waals surface area contributed by atoms with Crippen LogP contribution in [0.1, 0.15) is 109 Å². The average Bonchev–Trinajstić information content (AvgIpc) is 3.11. The van der Waals surface area contributed by atoms with E-state index in [9.17, 15) is 9.59 Å². The molecule has 6 nitrogen and oxygen atoms in total. The standard InChI is InChI=1S/C24H43N3O3/c1-7-9-11-13-25-23(29)20-18-30-21(26-20)17-27(14-12-10-8-2)22(28)15-19(3)16-24(4,5)6/h18-19H,7-17H2,1-6H3,(H,25,29)/t19-/m0/s1. The Morgan fingerprint density at radius 1 is 1.13 bits per heavy atom. The van der Waals surface area contributed by atoms with Gasteiger partial charge < -0.3 is 14.6 Å². The summed E-state index contributed by atoms with van der Waals surface area (Å²) in [7, 11) is 0. The van der Waals surface area contributed by atoms with E-state index in [4.69, 9.17) is 4.42 Å². The third-order valence-corrected chi connectivity index (χ3v) is 5.04. The average molecular weight is 422 g/mol. The summed E-state index contributed by atoms with van der Waals surface area (Å²) in [6.07, 6.45) is 9.22. The van der Waals surface area contributed by atoms with Crippen LogP contribution in [0.4, 0.5) is 0 Å². The van der Waals surface area contributed by atoms with E-state index >= 15 is 0 Å². The highest BCUT2D eigenvalue weighted by molar-refractivity contribution is 5.91. The Hall–Kier alpha value is -1.85. The van der Waals surface area contributed by atoms with E-state index in [-0.39, 0.29) is 22.9 Å². The van der Waals surface area contributed by atoms with Gasteiger partial charge in [0.05, 0.1) is 6.54 Å². The minimum absolute atomic E-state index is 0.131. The summed E-state index contributed by atoms with van der Waals surface area (Å²) < 4.78 is 5.52. The molecule has 0 spiro atoms. The van der Waals surface area contributed by atoms with Gasteiger partial charge in [-0.25, -0.2) is 4.98 Å². The molecule has 0 fully saturated rings. The van der Waals surface area contributed by atoms with Gasteiger partial charge in [-0.15, -0.1) is 0 Å². The fourth-order valence-electron chi connectivity index (χ4n) is 3.71. The maximum absolute atomic E-state index is 13.0. The van der Waals surface area contributed by atoms with Gasteiger partial charge in [0.15, 0.2) is 5.69 Å². The molecule has 0 aliphatic heterocycles. The number of rotatable bonds is 14. The molecule has 1 rings (SSSR count). The number of hydrogen-bond acceptors (Lipinski definition) is 4. The van der Waals surface area contributed by atoms with Gasteiger partial charge in [-0.1, -0.05) is 67.2 Å². The Labute approximate surface area is 183 Å². The fourth-order valence-corrected chi connectivity index (χ4v) is 3.71. The van der Waals surface area contributed by atoms with Crippen molar-refractivity contribution in [2.24, 2.45) is 11.3 Å². The highest BCUT2D eigenvalue weighted by atomic mass is 16.3. The molecule has 0 aliphatic carbocycles. The number of amides is 2. The molecule has 30 heavy (non-hydrogen) atoms. The molecule has 2 amide bonds. The third kappa shape index (κ3) is 10.8. The highest BCUT2D eigenvalue weighted by Crippen LogP contribution is 2.26. The second kappa shape index (κ2) is 13.5. The fraction of sp³-hybridized carbons (Fsp3) is 0.792. The lowest BCUT2D eigenvalue weighted by molar-refractivity contribution is -0.133. The van der Waals surface area contributed by atoms with Crippen LogP contribution in [0.5, 0.6) is 0 Å². The largest absolute Gasteiger partial charge is 0.446 e. The van der Waals surface area contributed by atoms with Crippen LogP contribution in [0.3, 0.4) is 0 Å². The monoisotopic (exact) mass is 421 g/mol. The van der Waals surface area contributed by atoms with Gasteiger partial charge in [-0.05, 0) is 30.6 Å². The van der Waals surface area contributed by atoms with Crippen LogP contribution in [-0.2, 0) is 11.3 Å². The second-order valence-electron chi connectivity index (χ2n) is 9.69. The zero-order chi connectivity index (χ0) is 22.6. The summed E-state index contributed by atoms with van der Waals surface area (Å²) in [6, 6.07) is 0. The van der Waals surface area contributed by atoms with E-state index in [1.54, 1.807) is 0 Å². The van der Waals surface area contributed by atoms with Crippen LogP contribution in [-0.4, -0.2) is 34.8 Å². The first-order valence-corrected chi connectivity index (χ1v) is 11.7. The lowest BCUT2D eigenvalue weighted by atomic mass is 9.84. The Morgan fingerprint density at radius 2 is 1.80 bits per heavy atom. The summed E-state index contributed by atoms with van der Waals surface area (Å²) in [5.74, 6) is 0.651. The number of oxazole rings is 1. The van der Waals surface area contributed by atoms with Crippen molar-refractivity contribution in [1.82, 2.24) is 15.2 Å². The molecule has 0 saturated heterocycles. The summed E-state index contributed by atoms with van der Waals surface area (Å²) in [6.45, 7) is 14.7. The van der Waals surface area contributed by atoms with Crippen LogP contribution in [0.2, 0.25) is 0 Å².